The lowest BCUT2D eigenvalue weighted by Gasteiger charge is -2.50. The van der Waals surface area contributed by atoms with Crippen LogP contribution in [0.4, 0.5) is 22.0 Å². The third kappa shape index (κ3) is 4.47. The smallest absolute Gasteiger partial charge is 0.465 e. The summed E-state index contributed by atoms with van der Waals surface area (Å²) in [6.07, 6.45) is -2.71. The highest BCUT2D eigenvalue weighted by Crippen LogP contribution is 2.62. The minimum absolute atomic E-state index is 0.0916. The van der Waals surface area contributed by atoms with Gasteiger partial charge in [-0.3, -0.25) is 0 Å². The number of benzene rings is 1. The van der Waals surface area contributed by atoms with Gasteiger partial charge in [0, 0.05) is 5.41 Å². The molecule has 5 atom stereocenters. The van der Waals surface area contributed by atoms with Crippen LogP contribution in [-0.4, -0.2) is 32.5 Å². The molecule has 0 heterocycles. The van der Waals surface area contributed by atoms with E-state index in [4.69, 9.17) is 9.16 Å². The molecule has 0 saturated heterocycles. The zero-order valence-corrected chi connectivity index (χ0v) is 22.9. The number of fused-ring (bicyclic) bond motifs is 5. The van der Waals surface area contributed by atoms with E-state index in [2.05, 4.69) is 46.0 Å². The van der Waals surface area contributed by atoms with E-state index in [0.29, 0.717) is 25.2 Å². The maximum atomic E-state index is 13.6. The van der Waals surface area contributed by atoms with E-state index < -0.39 is 37.9 Å². The largest absolute Gasteiger partial charge is 0.543 e. The predicted octanol–water partition coefficient (Wildman–Crippen LogP) is 8.04. The summed E-state index contributed by atoms with van der Waals surface area (Å²) in [5, 5.41) is 0.0916. The van der Waals surface area contributed by atoms with Crippen LogP contribution in [0.15, 0.2) is 18.2 Å². The number of alkyl halides is 5. The molecule has 3 aliphatic carbocycles. The fourth-order valence-electron chi connectivity index (χ4n) is 6.53. The highest BCUT2D eigenvalue weighted by Gasteiger charge is 2.66. The first-order chi connectivity index (χ1) is 16.4. The van der Waals surface area contributed by atoms with Gasteiger partial charge in [0.25, 0.3) is 0 Å². The molecule has 1 aromatic rings. The Morgan fingerprint density at radius 1 is 1.03 bits per heavy atom. The summed E-state index contributed by atoms with van der Waals surface area (Å²) < 4.78 is 76.5. The van der Waals surface area contributed by atoms with Crippen LogP contribution in [0, 0.1) is 17.3 Å². The standard InChI is InChI=1S/C27H37F5O3Si/c1-24(2,3)36(5,6)35-17-8-10-18-16(15-17)7-9-20-19(18)13-14-25(4)21(20)11-12-22(25)34-23(33)26(28,29)27(30,31)32/h8,10,15,19-22H,7,9,11-14H2,1-6H3/t19-,20-,21+,22+,25+/m1/s1. The molecular formula is C27H37F5O3Si. The Kier molecular flexibility index (Phi) is 6.62. The van der Waals surface area contributed by atoms with Crippen molar-refractivity contribution in [3.8, 4) is 5.75 Å². The van der Waals surface area contributed by atoms with Gasteiger partial charge in [-0.2, -0.15) is 22.0 Å². The van der Waals surface area contributed by atoms with Crippen molar-refractivity contribution in [2.24, 2.45) is 17.3 Å². The number of halogens is 5. The molecule has 2 saturated carbocycles. The summed E-state index contributed by atoms with van der Waals surface area (Å²) in [6, 6.07) is 6.37. The summed E-state index contributed by atoms with van der Waals surface area (Å²) in [5.41, 5.74) is 1.98. The first kappa shape index (κ1) is 27.4. The van der Waals surface area contributed by atoms with Crippen LogP contribution >= 0.6 is 0 Å². The van der Waals surface area contributed by atoms with Gasteiger partial charge in [0.05, 0.1) is 0 Å². The van der Waals surface area contributed by atoms with Gasteiger partial charge >= 0.3 is 18.1 Å². The van der Waals surface area contributed by atoms with Gasteiger partial charge in [0.1, 0.15) is 11.9 Å². The van der Waals surface area contributed by atoms with E-state index in [1.807, 2.05) is 13.0 Å². The van der Waals surface area contributed by atoms with Crippen LogP contribution < -0.4 is 4.43 Å². The van der Waals surface area contributed by atoms with Crippen LogP contribution in [-0.2, 0) is 16.0 Å². The van der Waals surface area contributed by atoms with Crippen molar-refractivity contribution in [3.63, 3.8) is 0 Å². The van der Waals surface area contributed by atoms with Gasteiger partial charge in [-0.25, -0.2) is 4.79 Å². The first-order valence-electron chi connectivity index (χ1n) is 12.9. The molecule has 0 aliphatic heterocycles. The lowest BCUT2D eigenvalue weighted by molar-refractivity contribution is -0.284. The normalized spacial score (nSPS) is 30.8. The third-order valence-electron chi connectivity index (χ3n) is 9.65. The summed E-state index contributed by atoms with van der Waals surface area (Å²) in [6.45, 7) is 13.0. The number of hydrogen-bond donors (Lipinski definition) is 0. The van der Waals surface area contributed by atoms with Crippen LogP contribution in [0.3, 0.4) is 0 Å². The molecule has 2 fully saturated rings. The zero-order valence-electron chi connectivity index (χ0n) is 21.9. The fourth-order valence-corrected chi connectivity index (χ4v) is 7.56. The lowest BCUT2D eigenvalue weighted by Crippen LogP contribution is -2.50. The SMILES string of the molecule is CC(C)(C)[Si](C)(C)Oc1ccc2c(c1)CC[C@@H]1[C@@H]2CC[C@]2(C)[C@@H](OC(=O)C(F)(F)C(F)(F)F)CC[C@@H]12. The highest BCUT2D eigenvalue weighted by molar-refractivity contribution is 6.74. The molecule has 0 radical (unpaired) electrons. The number of rotatable bonds is 4. The van der Waals surface area contributed by atoms with E-state index in [1.165, 1.54) is 11.1 Å². The number of carbonyl (C=O) groups is 1. The van der Waals surface area contributed by atoms with Crippen molar-refractivity contribution in [1.82, 2.24) is 0 Å². The van der Waals surface area contributed by atoms with Crippen LogP contribution in [0.1, 0.15) is 76.8 Å². The molecule has 0 unspecified atom stereocenters. The second-order valence-corrected chi connectivity index (χ2v) is 17.5. The summed E-state index contributed by atoms with van der Waals surface area (Å²) in [5.74, 6) is -6.36. The van der Waals surface area contributed by atoms with Crippen LogP contribution in [0.25, 0.3) is 0 Å². The molecular weight excluding hydrogens is 495 g/mol. The van der Waals surface area contributed by atoms with Gasteiger partial charge in [-0.15, -0.1) is 0 Å². The Labute approximate surface area is 211 Å². The summed E-state index contributed by atoms with van der Waals surface area (Å²) in [4.78, 5) is 11.8. The number of carbonyl (C=O) groups excluding carboxylic acids is 1. The molecule has 0 spiro atoms. The molecule has 4 rings (SSSR count). The second-order valence-electron chi connectivity index (χ2n) is 12.7. The van der Waals surface area contributed by atoms with Gasteiger partial charge in [-0.05, 0) is 97.7 Å². The quantitative estimate of drug-likeness (QED) is 0.224. The molecule has 0 amide bonds. The number of hydrogen-bond acceptors (Lipinski definition) is 3. The number of esters is 1. The Bertz CT molecular complexity index is 1020. The number of ether oxygens (including phenoxy) is 1. The summed E-state index contributed by atoms with van der Waals surface area (Å²) >= 11 is 0. The van der Waals surface area contributed by atoms with Gasteiger partial charge < -0.3 is 9.16 Å². The molecule has 36 heavy (non-hydrogen) atoms. The maximum Gasteiger partial charge on any atom is 0.465 e. The molecule has 202 valence electrons. The van der Waals surface area contributed by atoms with E-state index in [1.54, 1.807) is 0 Å². The molecule has 9 heteroatoms. The number of aryl methyl sites for hydroxylation is 1. The maximum absolute atomic E-state index is 13.6. The van der Waals surface area contributed by atoms with Crippen molar-refractivity contribution >= 4 is 14.3 Å². The monoisotopic (exact) mass is 532 g/mol. The lowest BCUT2D eigenvalue weighted by atomic mass is 9.55. The second kappa shape index (κ2) is 8.70. The average Bonchev–Trinajstić information content (AvgIpc) is 3.07. The molecule has 3 aliphatic rings. The van der Waals surface area contributed by atoms with Crippen molar-refractivity contribution in [3.05, 3.63) is 29.3 Å². The van der Waals surface area contributed by atoms with Crippen molar-refractivity contribution in [2.45, 2.75) is 108 Å². The van der Waals surface area contributed by atoms with Crippen molar-refractivity contribution < 1.29 is 35.9 Å². The minimum atomic E-state index is -5.96. The first-order valence-corrected chi connectivity index (χ1v) is 15.8. The minimum Gasteiger partial charge on any atom is -0.543 e. The molecule has 1 aromatic carbocycles. The Balaban J connectivity index is 1.51. The fraction of sp³-hybridized carbons (Fsp3) is 0.741. The van der Waals surface area contributed by atoms with Gasteiger partial charge in [0.15, 0.2) is 0 Å². The van der Waals surface area contributed by atoms with Crippen LogP contribution in [0.5, 0.6) is 5.75 Å². The topological polar surface area (TPSA) is 35.5 Å². The van der Waals surface area contributed by atoms with E-state index in [0.717, 1.165) is 25.0 Å². The third-order valence-corrected chi connectivity index (χ3v) is 14.0. The Morgan fingerprint density at radius 2 is 1.69 bits per heavy atom. The predicted molar refractivity (Wildman–Crippen MR) is 130 cm³/mol. The molecule has 3 nitrogen and oxygen atoms in total. The van der Waals surface area contributed by atoms with E-state index in [-0.39, 0.29) is 16.9 Å². The zero-order chi connectivity index (χ0) is 26.9. The molecule has 0 aromatic heterocycles. The highest BCUT2D eigenvalue weighted by atomic mass is 28.4. The average molecular weight is 533 g/mol. The van der Waals surface area contributed by atoms with Crippen LogP contribution in [0.2, 0.25) is 18.1 Å². The Hall–Kier alpha value is -1.64. The van der Waals surface area contributed by atoms with E-state index in [9.17, 15) is 26.7 Å². The van der Waals surface area contributed by atoms with Gasteiger partial charge in [0.2, 0.25) is 8.32 Å². The molecule has 0 bridgehead atoms. The Morgan fingerprint density at radius 3 is 2.31 bits per heavy atom. The van der Waals surface area contributed by atoms with E-state index >= 15 is 0 Å². The van der Waals surface area contributed by atoms with Crippen molar-refractivity contribution in [1.29, 1.82) is 0 Å². The molecule has 0 N–H and O–H groups in total. The summed E-state index contributed by atoms with van der Waals surface area (Å²) in [7, 11) is -1.96. The van der Waals surface area contributed by atoms with Crippen molar-refractivity contribution in [2.75, 3.05) is 0 Å². The van der Waals surface area contributed by atoms with Gasteiger partial charge in [-0.1, -0.05) is 33.8 Å².